The number of carbonyl (C=O) groups excluding carboxylic acids is 6. The van der Waals surface area contributed by atoms with Gasteiger partial charge in [0.25, 0.3) is 0 Å². The van der Waals surface area contributed by atoms with Crippen LogP contribution >= 0.6 is 0 Å². The zero-order valence-corrected chi connectivity index (χ0v) is 38.3. The Balaban J connectivity index is 1.15. The Bertz CT molecular complexity index is 2250. The number of hydrogen-bond acceptors (Lipinski definition) is 9. The highest BCUT2D eigenvalue weighted by Gasteiger charge is 2.41. The lowest BCUT2D eigenvalue weighted by Crippen LogP contribution is -2.54. The predicted molar refractivity (Wildman–Crippen MR) is 250 cm³/mol. The van der Waals surface area contributed by atoms with Gasteiger partial charge in [0.15, 0.2) is 0 Å². The Morgan fingerprint density at radius 3 is 1.35 bits per heavy atom. The minimum Gasteiger partial charge on any atom is -0.453 e. The van der Waals surface area contributed by atoms with Crippen LogP contribution in [0.1, 0.15) is 124 Å². The molecule has 0 aliphatic carbocycles. The number of likely N-dealkylation sites (tertiary alicyclic amines) is 2. The van der Waals surface area contributed by atoms with Gasteiger partial charge in [-0.1, -0.05) is 84.9 Å². The van der Waals surface area contributed by atoms with Crippen LogP contribution in [-0.2, 0) is 34.1 Å². The van der Waals surface area contributed by atoms with Crippen LogP contribution in [0.2, 0.25) is 0 Å². The molecule has 3 aromatic carbocycles. The first-order valence-corrected chi connectivity index (χ1v) is 22.5. The van der Waals surface area contributed by atoms with Crippen molar-refractivity contribution in [3.63, 3.8) is 0 Å². The Morgan fingerprint density at radius 2 is 1.00 bits per heavy atom. The van der Waals surface area contributed by atoms with Crippen LogP contribution in [0.3, 0.4) is 0 Å². The molecular formula is C50H67N7O8. The smallest absolute Gasteiger partial charge is 0.407 e. The molecule has 3 saturated heterocycles. The van der Waals surface area contributed by atoms with E-state index in [1.807, 2.05) is 48.5 Å². The lowest BCUT2D eigenvalue weighted by molar-refractivity contribution is -0.139. The fourth-order valence-electron chi connectivity index (χ4n) is 9.29. The number of carbonyl (C=O) groups is 6. The van der Waals surface area contributed by atoms with Crippen LogP contribution in [0.25, 0.3) is 0 Å². The topological polar surface area (TPSA) is 179 Å². The average molecular weight is 902 g/mol. The maximum atomic E-state index is 13.7. The second kappa shape index (κ2) is 20.8. The molecule has 4 N–H and O–H groups in total. The molecule has 350 valence electrons. The highest BCUT2D eigenvalue weighted by Crippen LogP contribution is 2.47. The van der Waals surface area contributed by atoms with Gasteiger partial charge >= 0.3 is 12.2 Å². The summed E-state index contributed by atoms with van der Waals surface area (Å²) in [5.74, 6) is -2.59. The first kappa shape index (κ1) is 40.4. The lowest BCUT2D eigenvalue weighted by Gasteiger charge is -2.34. The van der Waals surface area contributed by atoms with Crippen LogP contribution < -0.4 is 26.2 Å². The van der Waals surface area contributed by atoms with Crippen LogP contribution in [0.4, 0.5) is 26.7 Å². The molecule has 3 heterocycles. The fraction of sp³-hybridized carbons (Fsp3) is 0.520. The van der Waals surface area contributed by atoms with Gasteiger partial charge in [0.1, 0.15) is 24.2 Å². The standard InChI is InChI=1S/C50H67N7O8/c1-30(2)42(53-48(62)64-8)46(60)55-28-10-12-40(55)44(58)51-35-20-14-32(15-21-35)38-26-27-39(57(38)37-24-18-34(19-25-37)50(5,6)7)33-16-22-36(23-17-33)52-45(59)41-13-11-29-56(41)47(61)43(31(3)4)54-49(63)65-9/h14-25,30-31,38-43H,10-13,26-29H2,1-9H3,(H,51,58)(H,52,59)(H,53,62)(H,54,63)/t38-,39-,40-,41-,42-,43-/m0/s1/i8+1D3,9+1D3. The zero-order chi connectivity index (χ0) is 52.2. The maximum absolute atomic E-state index is 13.7. The van der Waals surface area contributed by atoms with Crippen LogP contribution in [0, 0.1) is 11.8 Å². The van der Waals surface area contributed by atoms with Crippen molar-refractivity contribution in [2.45, 2.75) is 129 Å². The number of benzene rings is 3. The van der Waals surface area contributed by atoms with Gasteiger partial charge in [-0.2, -0.15) is 0 Å². The van der Waals surface area contributed by atoms with Crippen molar-refractivity contribution < 1.29 is 46.5 Å². The number of nitrogens with zero attached hydrogens (tertiary/aromatic N) is 3. The molecule has 6 amide bonds. The maximum Gasteiger partial charge on any atom is 0.407 e. The van der Waals surface area contributed by atoms with E-state index in [2.05, 4.69) is 80.7 Å². The molecule has 3 aliphatic rings. The third-order valence-electron chi connectivity index (χ3n) is 12.8. The molecule has 0 saturated carbocycles. The molecule has 3 aliphatic heterocycles. The Morgan fingerprint density at radius 1 is 0.600 bits per heavy atom. The molecular weight excluding hydrogens is 829 g/mol. The van der Waals surface area contributed by atoms with Crippen molar-refractivity contribution in [2.75, 3.05) is 42.7 Å². The lowest BCUT2D eigenvalue weighted by atomic mass is 9.87. The van der Waals surface area contributed by atoms with E-state index in [4.69, 9.17) is 8.22 Å². The number of hydrogen-bond donors (Lipinski definition) is 4. The van der Waals surface area contributed by atoms with Crippen molar-refractivity contribution >= 4 is 52.9 Å². The molecule has 15 nitrogen and oxygen atoms in total. The van der Waals surface area contributed by atoms with Crippen molar-refractivity contribution in [3.8, 4) is 0 Å². The molecule has 0 bridgehead atoms. The summed E-state index contributed by atoms with van der Waals surface area (Å²) in [7, 11) is -5.96. The number of alkyl carbamates (subject to hydrolysis) is 2. The zero-order valence-electron chi connectivity index (χ0n) is 44.3. The average Bonchev–Trinajstić information content (AvgIpc) is 4.07. The van der Waals surface area contributed by atoms with Gasteiger partial charge in [0.2, 0.25) is 23.6 Å². The van der Waals surface area contributed by atoms with E-state index in [1.54, 1.807) is 27.7 Å². The summed E-state index contributed by atoms with van der Waals surface area (Å²) < 4.78 is 52.2. The number of methoxy groups -OCH3 is 2. The fourth-order valence-corrected chi connectivity index (χ4v) is 9.29. The summed E-state index contributed by atoms with van der Waals surface area (Å²) in [6.07, 6.45) is 1.10. The Labute approximate surface area is 391 Å². The molecule has 15 heteroatoms. The summed E-state index contributed by atoms with van der Waals surface area (Å²) >= 11 is 0. The summed E-state index contributed by atoms with van der Waals surface area (Å²) in [4.78, 5) is 84.7. The van der Waals surface area contributed by atoms with E-state index in [0.717, 1.165) is 29.7 Å². The molecule has 6 atom stereocenters. The van der Waals surface area contributed by atoms with Crippen molar-refractivity contribution in [1.29, 1.82) is 0 Å². The molecule has 3 aromatic rings. The largest absolute Gasteiger partial charge is 0.453 e. The number of nitrogens with one attached hydrogen (secondary N) is 4. The van der Waals surface area contributed by atoms with Crippen molar-refractivity contribution in [3.05, 3.63) is 89.5 Å². The second-order valence-electron chi connectivity index (χ2n) is 18.9. The molecule has 3 fully saturated rings. The van der Waals surface area contributed by atoms with E-state index in [1.165, 1.54) is 15.4 Å². The van der Waals surface area contributed by atoms with Gasteiger partial charge in [-0.3, -0.25) is 19.2 Å². The van der Waals surface area contributed by atoms with E-state index >= 15 is 0 Å². The van der Waals surface area contributed by atoms with E-state index in [9.17, 15) is 28.8 Å². The monoisotopic (exact) mass is 902 g/mol. The van der Waals surface area contributed by atoms with Crippen molar-refractivity contribution in [1.82, 2.24) is 20.4 Å². The first-order chi connectivity index (χ1) is 33.2. The van der Waals surface area contributed by atoms with E-state index < -0.39 is 74.1 Å². The minimum atomic E-state index is -2.98. The molecule has 6 rings (SSSR count). The number of amides is 6. The van der Waals surface area contributed by atoms with Gasteiger partial charge in [0, 0.05) is 30.2 Å². The number of anilines is 3. The Kier molecular flexibility index (Phi) is 12.9. The van der Waals surface area contributed by atoms with Gasteiger partial charge in [-0.25, -0.2) is 9.59 Å². The third kappa shape index (κ3) is 11.2. The first-order valence-electron chi connectivity index (χ1n) is 25.5. The molecule has 0 radical (unpaired) electrons. The highest BCUT2D eigenvalue weighted by atomic mass is 16.6. The van der Waals surface area contributed by atoms with Crippen LogP contribution in [0.5, 0.6) is 0 Å². The second-order valence-corrected chi connectivity index (χ2v) is 18.9. The van der Waals surface area contributed by atoms with Crippen LogP contribution in [0.15, 0.2) is 72.8 Å². The summed E-state index contributed by atoms with van der Waals surface area (Å²) in [6, 6.07) is 20.0. The van der Waals surface area contributed by atoms with Gasteiger partial charge in [-0.15, -0.1) is 0 Å². The van der Waals surface area contributed by atoms with Gasteiger partial charge in [-0.05, 0) is 109 Å². The minimum absolute atomic E-state index is 0.0459. The third-order valence-corrected chi connectivity index (χ3v) is 12.8. The van der Waals surface area contributed by atoms with Crippen molar-refractivity contribution in [2.24, 2.45) is 11.8 Å². The van der Waals surface area contributed by atoms with Crippen LogP contribution in [-0.4, -0.2) is 96.9 Å². The summed E-state index contributed by atoms with van der Waals surface area (Å²) in [6.45, 7) is 13.9. The molecule has 0 aromatic heterocycles. The highest BCUT2D eigenvalue weighted by molar-refractivity contribution is 5.99. The molecule has 0 spiro atoms. The van der Waals surface area contributed by atoms with Gasteiger partial charge < -0.3 is 45.4 Å². The predicted octanol–water partition coefficient (Wildman–Crippen LogP) is 7.69. The Hall–Kier alpha value is -6.12. The summed E-state index contributed by atoms with van der Waals surface area (Å²) in [5, 5.41) is 10.7. The number of rotatable bonds is 13. The van der Waals surface area contributed by atoms with E-state index in [-0.39, 0.29) is 29.3 Å². The SMILES string of the molecule is [2H][13C]([2H])([2H])OC(=O)N[C@H](C(=O)N1CCC[C@H]1C(=O)Nc1ccc([C@@H]2CC[C@@H](c3ccc(NC(=O)[C@@H]4CCCN4C(=O)[C@@H](NC(=O)O[13C]([2H])([2H])[2H])C(C)C)cc3)N2c2ccc(C(C)(C)C)cc2)cc1)C(C)C. The quantitative estimate of drug-likeness (QED) is 0.125. The molecule has 0 unspecified atom stereocenters. The molecule has 65 heavy (non-hydrogen) atoms. The van der Waals surface area contributed by atoms with Gasteiger partial charge in [0.05, 0.1) is 34.4 Å². The summed E-state index contributed by atoms with van der Waals surface area (Å²) in [5.41, 5.74) is 5.31. The number of ether oxygens (including phenoxy) is 2. The van der Waals surface area contributed by atoms with E-state index in [0.29, 0.717) is 50.1 Å². The normalized spacial score (nSPS) is 22.4.